The maximum Gasteiger partial charge on any atom is 0.254 e. The molecular formula is C15H27NO3. The molecule has 3 atom stereocenters. The second kappa shape index (κ2) is 5.80. The molecule has 3 unspecified atom stereocenters. The van der Waals surface area contributed by atoms with E-state index in [9.17, 15) is 9.90 Å². The van der Waals surface area contributed by atoms with Gasteiger partial charge in [0.25, 0.3) is 5.91 Å². The molecule has 19 heavy (non-hydrogen) atoms. The Bertz CT molecular complexity index is 329. The first kappa shape index (κ1) is 14.8. The van der Waals surface area contributed by atoms with Crippen molar-refractivity contribution < 1.29 is 14.6 Å². The van der Waals surface area contributed by atoms with Gasteiger partial charge in [0.1, 0.15) is 5.60 Å². The molecule has 1 amide bonds. The minimum atomic E-state index is -0.762. The van der Waals surface area contributed by atoms with Crippen LogP contribution >= 0.6 is 0 Å². The fraction of sp³-hybridized carbons (Fsp3) is 0.933. The number of hydrogen-bond acceptors (Lipinski definition) is 3. The van der Waals surface area contributed by atoms with Crippen LogP contribution < -0.4 is 0 Å². The molecule has 2 rings (SSSR count). The number of aliphatic hydroxyl groups is 1. The largest absolute Gasteiger partial charge is 0.393 e. The first-order valence-electron chi connectivity index (χ1n) is 7.51. The third kappa shape index (κ3) is 2.95. The number of nitrogens with zero attached hydrogens (tertiary/aromatic N) is 1. The van der Waals surface area contributed by atoms with Gasteiger partial charge < -0.3 is 14.7 Å². The Morgan fingerprint density at radius 2 is 1.89 bits per heavy atom. The maximum absolute atomic E-state index is 12.6. The van der Waals surface area contributed by atoms with Crippen LogP contribution in [0.5, 0.6) is 0 Å². The summed E-state index contributed by atoms with van der Waals surface area (Å²) in [4.78, 5) is 14.5. The van der Waals surface area contributed by atoms with Gasteiger partial charge in [0, 0.05) is 25.6 Å². The summed E-state index contributed by atoms with van der Waals surface area (Å²) in [6.07, 6.45) is 6.04. The Morgan fingerprint density at radius 3 is 2.53 bits per heavy atom. The topological polar surface area (TPSA) is 49.8 Å². The van der Waals surface area contributed by atoms with Gasteiger partial charge in [-0.2, -0.15) is 0 Å². The molecule has 1 saturated carbocycles. The fourth-order valence-electron chi connectivity index (χ4n) is 3.51. The van der Waals surface area contributed by atoms with Gasteiger partial charge in [-0.25, -0.2) is 0 Å². The van der Waals surface area contributed by atoms with Crippen LogP contribution in [0.2, 0.25) is 0 Å². The van der Waals surface area contributed by atoms with Crippen molar-refractivity contribution in [3.8, 4) is 0 Å². The van der Waals surface area contributed by atoms with E-state index < -0.39 is 5.60 Å². The van der Waals surface area contributed by atoms with Gasteiger partial charge in [0.05, 0.1) is 6.10 Å². The lowest BCUT2D eigenvalue weighted by Gasteiger charge is -2.39. The molecule has 1 heterocycles. The van der Waals surface area contributed by atoms with E-state index in [-0.39, 0.29) is 24.0 Å². The molecule has 1 aliphatic carbocycles. The monoisotopic (exact) mass is 269 g/mol. The molecule has 110 valence electrons. The zero-order valence-electron chi connectivity index (χ0n) is 12.4. The van der Waals surface area contributed by atoms with Crippen LogP contribution in [0.1, 0.15) is 52.4 Å². The van der Waals surface area contributed by atoms with Crippen molar-refractivity contribution >= 4 is 5.91 Å². The zero-order chi connectivity index (χ0) is 14.0. The van der Waals surface area contributed by atoms with Gasteiger partial charge in [-0.15, -0.1) is 0 Å². The molecule has 0 spiro atoms. The van der Waals surface area contributed by atoms with Crippen LogP contribution in [0.25, 0.3) is 0 Å². The van der Waals surface area contributed by atoms with Crippen LogP contribution in [0.4, 0.5) is 0 Å². The molecule has 1 aliphatic heterocycles. The zero-order valence-corrected chi connectivity index (χ0v) is 12.4. The highest BCUT2D eigenvalue weighted by Crippen LogP contribution is 2.35. The van der Waals surface area contributed by atoms with Gasteiger partial charge >= 0.3 is 0 Å². The van der Waals surface area contributed by atoms with Crippen molar-refractivity contribution in [2.45, 2.75) is 70.1 Å². The third-order valence-electron chi connectivity index (χ3n) is 4.86. The van der Waals surface area contributed by atoms with E-state index in [4.69, 9.17) is 4.74 Å². The molecular weight excluding hydrogens is 242 g/mol. The van der Waals surface area contributed by atoms with Gasteiger partial charge in [0.2, 0.25) is 0 Å². The highest BCUT2D eigenvalue weighted by molar-refractivity contribution is 5.85. The fourth-order valence-corrected chi connectivity index (χ4v) is 3.51. The highest BCUT2D eigenvalue weighted by atomic mass is 16.5. The van der Waals surface area contributed by atoms with Crippen molar-refractivity contribution in [1.82, 2.24) is 4.90 Å². The molecule has 2 fully saturated rings. The van der Waals surface area contributed by atoms with Crippen molar-refractivity contribution in [1.29, 1.82) is 0 Å². The molecule has 1 saturated heterocycles. The minimum Gasteiger partial charge on any atom is -0.393 e. The quantitative estimate of drug-likeness (QED) is 0.852. The molecule has 1 N–H and O–H groups in total. The van der Waals surface area contributed by atoms with Crippen LogP contribution in [-0.4, -0.2) is 47.3 Å². The number of likely N-dealkylation sites (tertiary alicyclic amines) is 1. The summed E-state index contributed by atoms with van der Waals surface area (Å²) in [5.74, 6) is 0.322. The second-order valence-corrected chi connectivity index (χ2v) is 6.44. The standard InChI is InChI=1S/C15H27NO3/c1-15(2,19-3)14(18)16-10-6-8-12(16)11-7-4-5-9-13(11)17/h11-13,17H,4-10H2,1-3H3. The minimum absolute atomic E-state index is 0.0651. The number of hydrogen-bond donors (Lipinski definition) is 1. The smallest absolute Gasteiger partial charge is 0.254 e. The molecule has 0 aromatic carbocycles. The molecule has 4 nitrogen and oxygen atoms in total. The van der Waals surface area contributed by atoms with E-state index in [0.717, 1.165) is 38.6 Å². The number of aliphatic hydroxyl groups excluding tert-OH is 1. The van der Waals surface area contributed by atoms with E-state index in [1.165, 1.54) is 6.42 Å². The van der Waals surface area contributed by atoms with Crippen molar-refractivity contribution in [2.75, 3.05) is 13.7 Å². The van der Waals surface area contributed by atoms with Gasteiger partial charge in [-0.05, 0) is 39.5 Å². The summed E-state index contributed by atoms with van der Waals surface area (Å²) in [6.45, 7) is 4.45. The average Bonchev–Trinajstić information content (AvgIpc) is 2.87. The Morgan fingerprint density at radius 1 is 1.21 bits per heavy atom. The average molecular weight is 269 g/mol. The SMILES string of the molecule is COC(C)(C)C(=O)N1CCCC1C1CCCCC1O. The number of carbonyl (C=O) groups excluding carboxylic acids is 1. The first-order chi connectivity index (χ1) is 8.97. The lowest BCUT2D eigenvalue weighted by Crippen LogP contribution is -2.52. The lowest BCUT2D eigenvalue weighted by atomic mass is 9.80. The summed E-state index contributed by atoms with van der Waals surface area (Å²) in [7, 11) is 1.58. The van der Waals surface area contributed by atoms with Crippen LogP contribution in [-0.2, 0) is 9.53 Å². The molecule has 4 heteroatoms. The maximum atomic E-state index is 12.6. The number of ether oxygens (including phenoxy) is 1. The Balaban J connectivity index is 2.10. The molecule has 2 aliphatic rings. The van der Waals surface area contributed by atoms with Crippen molar-refractivity contribution in [3.63, 3.8) is 0 Å². The second-order valence-electron chi connectivity index (χ2n) is 6.44. The molecule has 0 aromatic rings. The van der Waals surface area contributed by atoms with Crippen LogP contribution in [0.15, 0.2) is 0 Å². The lowest BCUT2D eigenvalue weighted by molar-refractivity contribution is -0.154. The predicted molar refractivity (Wildman–Crippen MR) is 73.8 cm³/mol. The molecule has 0 radical (unpaired) electrons. The summed E-state index contributed by atoms with van der Waals surface area (Å²) < 4.78 is 5.32. The van der Waals surface area contributed by atoms with Crippen LogP contribution in [0.3, 0.4) is 0 Å². The van der Waals surface area contributed by atoms with Gasteiger partial charge in [-0.3, -0.25) is 4.79 Å². The Kier molecular flexibility index (Phi) is 4.51. The number of methoxy groups -OCH3 is 1. The van der Waals surface area contributed by atoms with Crippen LogP contribution in [0, 0.1) is 5.92 Å². The summed E-state index contributed by atoms with van der Waals surface area (Å²) in [5, 5.41) is 10.2. The normalized spacial score (nSPS) is 32.6. The van der Waals surface area contributed by atoms with Crippen molar-refractivity contribution in [2.24, 2.45) is 5.92 Å². The van der Waals surface area contributed by atoms with Gasteiger partial charge in [-0.1, -0.05) is 12.8 Å². The number of amides is 1. The first-order valence-corrected chi connectivity index (χ1v) is 7.51. The number of rotatable bonds is 3. The van der Waals surface area contributed by atoms with E-state index in [1.807, 2.05) is 18.7 Å². The highest BCUT2D eigenvalue weighted by Gasteiger charge is 2.43. The van der Waals surface area contributed by atoms with E-state index >= 15 is 0 Å². The predicted octanol–water partition coefficient (Wildman–Crippen LogP) is 1.95. The summed E-state index contributed by atoms with van der Waals surface area (Å²) in [6, 6.07) is 0.206. The summed E-state index contributed by atoms with van der Waals surface area (Å²) in [5.41, 5.74) is -0.762. The molecule has 0 aromatic heterocycles. The van der Waals surface area contributed by atoms with E-state index in [1.54, 1.807) is 7.11 Å². The van der Waals surface area contributed by atoms with Crippen molar-refractivity contribution in [3.05, 3.63) is 0 Å². The summed E-state index contributed by atoms with van der Waals surface area (Å²) >= 11 is 0. The molecule has 0 bridgehead atoms. The van der Waals surface area contributed by atoms with E-state index in [0.29, 0.717) is 0 Å². The third-order valence-corrected chi connectivity index (χ3v) is 4.86. The van der Waals surface area contributed by atoms with E-state index in [2.05, 4.69) is 0 Å². The van der Waals surface area contributed by atoms with Gasteiger partial charge in [0.15, 0.2) is 0 Å². The Hall–Kier alpha value is -0.610. The Labute approximate surface area is 116 Å². The number of carbonyl (C=O) groups is 1.